The molecule has 0 aliphatic carbocycles. The van der Waals surface area contributed by atoms with Crippen molar-refractivity contribution in [1.82, 2.24) is 9.78 Å². The van der Waals surface area contributed by atoms with Gasteiger partial charge in [-0.25, -0.2) is 0 Å². The lowest BCUT2D eigenvalue weighted by Crippen LogP contribution is -2.00. The van der Waals surface area contributed by atoms with Crippen LogP contribution in [-0.2, 0) is 17.9 Å². The predicted molar refractivity (Wildman–Crippen MR) is 69.8 cm³/mol. The summed E-state index contributed by atoms with van der Waals surface area (Å²) in [6.45, 7) is 6.81. The Morgan fingerprint density at radius 1 is 1.40 bits per heavy atom. The molecule has 0 aliphatic heterocycles. The first-order valence-electron chi connectivity index (χ1n) is 5.57. The molecule has 0 fully saturated rings. The topological polar surface area (TPSA) is 27.1 Å². The summed E-state index contributed by atoms with van der Waals surface area (Å²) in [5.41, 5.74) is 1.07. The van der Waals surface area contributed by atoms with Crippen LogP contribution in [0.3, 0.4) is 0 Å². The fourth-order valence-electron chi connectivity index (χ4n) is 1.29. The third-order valence-electron chi connectivity index (χ3n) is 2.12. The summed E-state index contributed by atoms with van der Waals surface area (Å²) in [5, 5.41) is 4.48. The summed E-state index contributed by atoms with van der Waals surface area (Å²) in [5.74, 6) is 0. The van der Waals surface area contributed by atoms with Crippen LogP contribution < -0.4 is 0 Å². The number of rotatable bonds is 7. The molecule has 1 aromatic heterocycles. The van der Waals surface area contributed by atoms with Gasteiger partial charge in [0.25, 0.3) is 0 Å². The molecule has 0 saturated carbocycles. The van der Waals surface area contributed by atoms with E-state index >= 15 is 0 Å². The van der Waals surface area contributed by atoms with Crippen molar-refractivity contribution < 1.29 is 4.74 Å². The third-order valence-corrected chi connectivity index (χ3v) is 3.02. The van der Waals surface area contributed by atoms with E-state index in [9.17, 15) is 0 Å². The quantitative estimate of drug-likeness (QED) is 0.569. The number of aryl methyl sites for hydroxylation is 1. The highest BCUT2D eigenvalue weighted by Crippen LogP contribution is 2.11. The fourth-order valence-corrected chi connectivity index (χ4v) is 1.88. The average Bonchev–Trinajstić information content (AvgIpc) is 2.55. The minimum atomic E-state index is 0.648. The van der Waals surface area contributed by atoms with Crippen LogP contribution in [0.1, 0.15) is 38.8 Å². The lowest BCUT2D eigenvalue weighted by molar-refractivity contribution is 0.114. The number of hydrogen-bond acceptors (Lipinski definition) is 2. The molecule has 0 unspecified atom stereocenters. The maximum Gasteiger partial charge on any atom is 0.101 e. The highest BCUT2D eigenvalue weighted by molar-refractivity contribution is 14.1. The maximum atomic E-state index is 5.55. The Morgan fingerprint density at radius 2 is 2.20 bits per heavy atom. The molecule has 4 heteroatoms. The summed E-state index contributed by atoms with van der Waals surface area (Å²) >= 11 is 2.32. The summed E-state index contributed by atoms with van der Waals surface area (Å²) in [7, 11) is 0. The van der Waals surface area contributed by atoms with Gasteiger partial charge in [-0.2, -0.15) is 5.10 Å². The highest BCUT2D eigenvalue weighted by atomic mass is 127. The normalized spacial score (nSPS) is 10.9. The number of hydrogen-bond donors (Lipinski definition) is 0. The van der Waals surface area contributed by atoms with Gasteiger partial charge < -0.3 is 4.74 Å². The smallest absolute Gasteiger partial charge is 0.101 e. The number of nitrogens with zero attached hydrogens (tertiary/aromatic N) is 2. The molecule has 0 bridgehead atoms. The van der Waals surface area contributed by atoms with E-state index in [4.69, 9.17) is 4.74 Å². The van der Waals surface area contributed by atoms with Crippen molar-refractivity contribution in [2.24, 2.45) is 0 Å². The van der Waals surface area contributed by atoms with Crippen molar-refractivity contribution in [2.45, 2.75) is 46.3 Å². The van der Waals surface area contributed by atoms with Crippen molar-refractivity contribution in [1.29, 1.82) is 0 Å². The van der Waals surface area contributed by atoms with E-state index < -0.39 is 0 Å². The number of halogens is 1. The van der Waals surface area contributed by atoms with Gasteiger partial charge in [0.05, 0.1) is 10.2 Å². The summed E-state index contributed by atoms with van der Waals surface area (Å²) < 4.78 is 8.76. The largest absolute Gasteiger partial charge is 0.375 e. The van der Waals surface area contributed by atoms with E-state index in [0.717, 1.165) is 31.7 Å². The Labute approximate surface area is 105 Å². The Hall–Kier alpha value is -0.100. The zero-order valence-electron chi connectivity index (χ0n) is 9.50. The SMILES string of the molecule is CCCCOCc1nn(CCC)cc1I. The number of ether oxygens (including phenoxy) is 1. The maximum absolute atomic E-state index is 5.55. The molecule has 86 valence electrons. The van der Waals surface area contributed by atoms with Gasteiger partial charge in [-0.15, -0.1) is 0 Å². The molecule has 3 nitrogen and oxygen atoms in total. The molecule has 0 aliphatic rings. The van der Waals surface area contributed by atoms with E-state index in [0.29, 0.717) is 6.61 Å². The molecule has 0 N–H and O–H groups in total. The standard InChI is InChI=1S/C11H19IN2O/c1-3-5-7-15-9-11-10(12)8-14(13-11)6-4-2/h8H,3-7,9H2,1-2H3. The first kappa shape index (κ1) is 13.0. The Morgan fingerprint density at radius 3 is 2.87 bits per heavy atom. The van der Waals surface area contributed by atoms with Crippen molar-refractivity contribution in [3.63, 3.8) is 0 Å². The molecular formula is C11H19IN2O. The Balaban J connectivity index is 2.39. The zero-order chi connectivity index (χ0) is 11.1. The first-order chi connectivity index (χ1) is 7.27. The van der Waals surface area contributed by atoms with Gasteiger partial charge in [0.15, 0.2) is 0 Å². The third kappa shape index (κ3) is 4.51. The lowest BCUT2D eigenvalue weighted by atomic mass is 10.4. The van der Waals surface area contributed by atoms with Gasteiger partial charge in [0.2, 0.25) is 0 Å². The summed E-state index contributed by atoms with van der Waals surface area (Å²) in [6.07, 6.45) is 5.52. The van der Waals surface area contributed by atoms with Crippen LogP contribution in [0.15, 0.2) is 6.20 Å². The van der Waals surface area contributed by atoms with E-state index in [1.165, 1.54) is 9.99 Å². The van der Waals surface area contributed by atoms with Gasteiger partial charge in [0, 0.05) is 19.3 Å². The van der Waals surface area contributed by atoms with Crippen LogP contribution in [-0.4, -0.2) is 16.4 Å². The van der Waals surface area contributed by atoms with Gasteiger partial charge in [0.1, 0.15) is 5.69 Å². The first-order valence-corrected chi connectivity index (χ1v) is 6.65. The highest BCUT2D eigenvalue weighted by Gasteiger charge is 2.05. The number of aromatic nitrogens is 2. The second-order valence-corrected chi connectivity index (χ2v) is 4.76. The molecule has 1 rings (SSSR count). The van der Waals surface area contributed by atoms with Gasteiger partial charge in [-0.05, 0) is 35.4 Å². The van der Waals surface area contributed by atoms with Crippen LogP contribution in [0, 0.1) is 3.57 Å². The minimum Gasteiger partial charge on any atom is -0.375 e. The van der Waals surface area contributed by atoms with Crippen LogP contribution >= 0.6 is 22.6 Å². The van der Waals surface area contributed by atoms with Gasteiger partial charge in [-0.1, -0.05) is 20.3 Å². The van der Waals surface area contributed by atoms with Gasteiger partial charge in [-0.3, -0.25) is 4.68 Å². The minimum absolute atomic E-state index is 0.648. The Kier molecular flexibility index (Phi) is 6.24. The van der Waals surface area contributed by atoms with Crippen LogP contribution in [0.2, 0.25) is 0 Å². The van der Waals surface area contributed by atoms with E-state index in [1.807, 2.05) is 4.68 Å². The van der Waals surface area contributed by atoms with Crippen molar-refractivity contribution in [3.05, 3.63) is 15.5 Å². The molecule has 0 radical (unpaired) electrons. The molecule has 0 amide bonds. The summed E-state index contributed by atoms with van der Waals surface area (Å²) in [6, 6.07) is 0. The van der Waals surface area contributed by atoms with Crippen molar-refractivity contribution in [2.75, 3.05) is 6.61 Å². The molecule has 0 atom stereocenters. The molecule has 0 saturated heterocycles. The Bertz CT molecular complexity index is 286. The molecule has 0 spiro atoms. The van der Waals surface area contributed by atoms with Gasteiger partial charge >= 0.3 is 0 Å². The van der Waals surface area contributed by atoms with Crippen LogP contribution in [0.4, 0.5) is 0 Å². The van der Waals surface area contributed by atoms with Crippen molar-refractivity contribution in [3.8, 4) is 0 Å². The van der Waals surface area contributed by atoms with E-state index in [2.05, 4.69) is 47.7 Å². The second kappa shape index (κ2) is 7.22. The molecule has 1 aromatic rings. The molecule has 1 heterocycles. The van der Waals surface area contributed by atoms with Crippen LogP contribution in [0.5, 0.6) is 0 Å². The van der Waals surface area contributed by atoms with Crippen LogP contribution in [0.25, 0.3) is 0 Å². The van der Waals surface area contributed by atoms with E-state index in [-0.39, 0.29) is 0 Å². The average molecular weight is 322 g/mol. The molecular weight excluding hydrogens is 303 g/mol. The molecule has 0 aromatic carbocycles. The zero-order valence-corrected chi connectivity index (χ0v) is 11.7. The number of unbranched alkanes of at least 4 members (excludes halogenated alkanes) is 1. The second-order valence-electron chi connectivity index (χ2n) is 3.59. The predicted octanol–water partition coefficient (Wildman–Crippen LogP) is 3.21. The van der Waals surface area contributed by atoms with Crippen molar-refractivity contribution >= 4 is 22.6 Å². The monoisotopic (exact) mass is 322 g/mol. The van der Waals surface area contributed by atoms with E-state index in [1.54, 1.807) is 0 Å². The lowest BCUT2D eigenvalue weighted by Gasteiger charge is -2.00. The molecule has 15 heavy (non-hydrogen) atoms. The fraction of sp³-hybridized carbons (Fsp3) is 0.727. The summed E-state index contributed by atoms with van der Waals surface area (Å²) in [4.78, 5) is 0.